The Balaban J connectivity index is 1.29. The van der Waals surface area contributed by atoms with Gasteiger partial charge in [0.1, 0.15) is 11.5 Å². The van der Waals surface area contributed by atoms with Crippen molar-refractivity contribution >= 4 is 16.8 Å². The van der Waals surface area contributed by atoms with Gasteiger partial charge in [-0.05, 0) is 36.1 Å². The molecule has 4 aromatic rings. The van der Waals surface area contributed by atoms with Gasteiger partial charge < -0.3 is 14.6 Å². The second kappa shape index (κ2) is 7.47. The van der Waals surface area contributed by atoms with E-state index < -0.39 is 0 Å². The van der Waals surface area contributed by atoms with Crippen LogP contribution < -0.4 is 10.1 Å². The number of fused-ring (bicyclic) bond motifs is 3. The Hall–Kier alpha value is -3.53. The molecule has 3 aromatic carbocycles. The van der Waals surface area contributed by atoms with E-state index in [4.69, 9.17) is 4.74 Å². The lowest BCUT2D eigenvalue weighted by Gasteiger charge is -2.27. The van der Waals surface area contributed by atoms with E-state index >= 15 is 0 Å². The number of para-hydroxylation sites is 3. The number of aryl methyl sites for hydroxylation is 1. The van der Waals surface area contributed by atoms with E-state index in [1.807, 2.05) is 48.5 Å². The molecule has 144 valence electrons. The van der Waals surface area contributed by atoms with Gasteiger partial charge >= 0.3 is 0 Å². The van der Waals surface area contributed by atoms with Crippen molar-refractivity contribution in [3.8, 4) is 11.5 Å². The van der Waals surface area contributed by atoms with E-state index in [1.54, 1.807) is 0 Å². The molecule has 4 nitrogen and oxygen atoms in total. The number of hydrogen-bond donors (Lipinski definition) is 1. The summed E-state index contributed by atoms with van der Waals surface area (Å²) in [6.45, 7) is 1.50. The maximum Gasteiger partial charge on any atom is 0.232 e. The standard InChI is InChI=1S/C25H22N2O2/c28-25(26-15-7-16-27-17-14-18-8-1-4-11-21(18)27)24-19-9-2-5-12-22(19)29-23-13-6-3-10-20(23)24/h1-6,8-14,17,24H,7,15-16H2,(H,26,28). The zero-order chi connectivity index (χ0) is 19.6. The number of aromatic nitrogens is 1. The van der Waals surface area contributed by atoms with Crippen LogP contribution in [0.15, 0.2) is 85.1 Å². The molecule has 0 fully saturated rings. The molecule has 0 saturated carbocycles. The highest BCUT2D eigenvalue weighted by Crippen LogP contribution is 2.43. The number of nitrogens with one attached hydrogen (secondary N) is 1. The molecular formula is C25H22N2O2. The summed E-state index contributed by atoms with van der Waals surface area (Å²) >= 11 is 0. The summed E-state index contributed by atoms with van der Waals surface area (Å²) in [5.41, 5.74) is 3.06. The van der Waals surface area contributed by atoms with Gasteiger partial charge in [-0.2, -0.15) is 0 Å². The van der Waals surface area contributed by atoms with Crippen molar-refractivity contribution in [1.29, 1.82) is 0 Å². The van der Waals surface area contributed by atoms with Gasteiger partial charge in [0.15, 0.2) is 0 Å². The quantitative estimate of drug-likeness (QED) is 0.489. The van der Waals surface area contributed by atoms with E-state index in [9.17, 15) is 4.79 Å². The van der Waals surface area contributed by atoms with Crippen molar-refractivity contribution < 1.29 is 9.53 Å². The van der Waals surface area contributed by atoms with Crippen LogP contribution in [0.5, 0.6) is 11.5 Å². The topological polar surface area (TPSA) is 43.3 Å². The van der Waals surface area contributed by atoms with Crippen LogP contribution in [0.25, 0.3) is 10.9 Å². The number of hydrogen-bond acceptors (Lipinski definition) is 2. The number of ether oxygens (including phenoxy) is 1. The molecule has 4 heteroatoms. The van der Waals surface area contributed by atoms with Gasteiger partial charge in [0.25, 0.3) is 0 Å². The molecule has 0 atom stereocenters. The third kappa shape index (κ3) is 3.27. The number of rotatable bonds is 5. The van der Waals surface area contributed by atoms with E-state index in [0.29, 0.717) is 6.54 Å². The lowest BCUT2D eigenvalue weighted by atomic mass is 9.87. The van der Waals surface area contributed by atoms with Gasteiger partial charge in [-0.1, -0.05) is 54.6 Å². The zero-order valence-electron chi connectivity index (χ0n) is 16.0. The summed E-state index contributed by atoms with van der Waals surface area (Å²) in [5, 5.41) is 4.38. The molecule has 5 rings (SSSR count). The molecule has 1 aromatic heterocycles. The molecule has 1 aliphatic heterocycles. The van der Waals surface area contributed by atoms with Crippen LogP contribution in [0.2, 0.25) is 0 Å². The Labute approximate surface area is 169 Å². The highest BCUT2D eigenvalue weighted by molar-refractivity contribution is 5.89. The largest absolute Gasteiger partial charge is 0.457 e. The van der Waals surface area contributed by atoms with E-state index in [1.165, 1.54) is 10.9 Å². The third-order valence-corrected chi connectivity index (χ3v) is 5.50. The third-order valence-electron chi connectivity index (χ3n) is 5.50. The molecule has 0 bridgehead atoms. The fourth-order valence-corrected chi connectivity index (χ4v) is 4.09. The van der Waals surface area contributed by atoms with Crippen LogP contribution in [-0.2, 0) is 11.3 Å². The highest BCUT2D eigenvalue weighted by atomic mass is 16.5. The second-order valence-electron chi connectivity index (χ2n) is 7.32. The lowest BCUT2D eigenvalue weighted by Crippen LogP contribution is -2.32. The molecule has 1 aliphatic rings. The zero-order valence-corrected chi connectivity index (χ0v) is 16.0. The summed E-state index contributed by atoms with van der Waals surface area (Å²) in [6, 6.07) is 26.0. The summed E-state index contributed by atoms with van der Waals surface area (Å²) in [7, 11) is 0. The van der Waals surface area contributed by atoms with Gasteiger partial charge in [-0.15, -0.1) is 0 Å². The summed E-state index contributed by atoms with van der Waals surface area (Å²) in [5.74, 6) is 1.18. The van der Waals surface area contributed by atoms with Gasteiger partial charge in [0.2, 0.25) is 5.91 Å². The molecule has 0 aliphatic carbocycles. The predicted octanol–water partition coefficient (Wildman–Crippen LogP) is 5.09. The van der Waals surface area contributed by atoms with Crippen LogP contribution >= 0.6 is 0 Å². The fourth-order valence-electron chi connectivity index (χ4n) is 4.09. The van der Waals surface area contributed by atoms with Crippen molar-refractivity contribution in [3.05, 3.63) is 96.2 Å². The van der Waals surface area contributed by atoms with Gasteiger partial charge in [-0.3, -0.25) is 4.79 Å². The maximum atomic E-state index is 13.1. The van der Waals surface area contributed by atoms with E-state index in [-0.39, 0.29) is 11.8 Å². The molecule has 29 heavy (non-hydrogen) atoms. The average molecular weight is 382 g/mol. The van der Waals surface area contributed by atoms with Crippen molar-refractivity contribution in [2.45, 2.75) is 18.9 Å². The Morgan fingerprint density at radius 1 is 0.862 bits per heavy atom. The van der Waals surface area contributed by atoms with Gasteiger partial charge in [0.05, 0.1) is 5.92 Å². The molecule has 0 spiro atoms. The monoisotopic (exact) mass is 382 g/mol. The molecule has 1 amide bonds. The van der Waals surface area contributed by atoms with Crippen molar-refractivity contribution in [2.24, 2.45) is 0 Å². The highest BCUT2D eigenvalue weighted by Gasteiger charge is 2.32. The SMILES string of the molecule is O=C(NCCCn1ccc2ccccc21)C1c2ccccc2Oc2ccccc21. The minimum Gasteiger partial charge on any atom is -0.457 e. The number of amides is 1. The van der Waals surface area contributed by atoms with E-state index in [2.05, 4.69) is 46.4 Å². The van der Waals surface area contributed by atoms with Crippen LogP contribution in [-0.4, -0.2) is 17.0 Å². The van der Waals surface area contributed by atoms with Gasteiger partial charge in [0, 0.05) is 35.9 Å². The first-order valence-corrected chi connectivity index (χ1v) is 9.98. The summed E-state index contributed by atoms with van der Waals surface area (Å²) in [6.07, 6.45) is 2.98. The normalized spacial score (nSPS) is 12.8. The molecular weight excluding hydrogens is 360 g/mol. The first-order chi connectivity index (χ1) is 14.3. The maximum absolute atomic E-state index is 13.1. The van der Waals surface area contributed by atoms with Gasteiger partial charge in [-0.25, -0.2) is 0 Å². The lowest BCUT2D eigenvalue weighted by molar-refractivity contribution is -0.121. The number of carbonyl (C=O) groups is 1. The predicted molar refractivity (Wildman–Crippen MR) is 114 cm³/mol. The summed E-state index contributed by atoms with van der Waals surface area (Å²) in [4.78, 5) is 13.1. The van der Waals surface area contributed by atoms with Crippen molar-refractivity contribution in [2.75, 3.05) is 6.54 Å². The van der Waals surface area contributed by atoms with Crippen LogP contribution in [0.4, 0.5) is 0 Å². The molecule has 2 heterocycles. The first kappa shape index (κ1) is 17.6. The molecule has 1 N–H and O–H groups in total. The van der Waals surface area contributed by atoms with Crippen LogP contribution in [0.3, 0.4) is 0 Å². The Morgan fingerprint density at radius 2 is 1.52 bits per heavy atom. The van der Waals surface area contributed by atoms with Crippen LogP contribution in [0, 0.1) is 0 Å². The first-order valence-electron chi connectivity index (χ1n) is 9.98. The summed E-state index contributed by atoms with van der Waals surface area (Å²) < 4.78 is 8.23. The molecule has 0 unspecified atom stereocenters. The molecule has 0 saturated heterocycles. The van der Waals surface area contributed by atoms with E-state index in [0.717, 1.165) is 35.6 Å². The minimum atomic E-state index is -0.344. The Morgan fingerprint density at radius 3 is 2.28 bits per heavy atom. The van der Waals surface area contributed by atoms with Crippen LogP contribution in [0.1, 0.15) is 23.5 Å². The number of benzene rings is 3. The number of carbonyl (C=O) groups excluding carboxylic acids is 1. The second-order valence-corrected chi connectivity index (χ2v) is 7.32. The fraction of sp³-hybridized carbons (Fsp3) is 0.160. The average Bonchev–Trinajstić information content (AvgIpc) is 3.18. The Bertz CT molecular complexity index is 1130. The number of nitrogens with zero attached hydrogens (tertiary/aromatic N) is 1. The van der Waals surface area contributed by atoms with Crippen molar-refractivity contribution in [3.63, 3.8) is 0 Å². The minimum absolute atomic E-state index is 0.0190. The molecule has 0 radical (unpaired) electrons. The Kier molecular flexibility index (Phi) is 4.53. The van der Waals surface area contributed by atoms with Crippen molar-refractivity contribution in [1.82, 2.24) is 9.88 Å². The smallest absolute Gasteiger partial charge is 0.232 e.